The van der Waals surface area contributed by atoms with E-state index in [1.165, 1.54) is 6.07 Å². The third-order valence-electron chi connectivity index (χ3n) is 9.07. The van der Waals surface area contributed by atoms with Gasteiger partial charge in [-0.3, -0.25) is 0 Å². The first kappa shape index (κ1) is 20.6. The molecule has 2 aromatic heterocycles. The van der Waals surface area contributed by atoms with Crippen LogP contribution in [-0.4, -0.2) is 15.0 Å². The first-order chi connectivity index (χ1) is 29.4. The molecule has 0 atom stereocenters. The lowest BCUT2D eigenvalue weighted by Crippen LogP contribution is -2.00. The maximum Gasteiger partial charge on any atom is 0.164 e. The third kappa shape index (κ3) is 5.04. The van der Waals surface area contributed by atoms with Crippen molar-refractivity contribution in [3.05, 3.63) is 176 Å². The van der Waals surface area contributed by atoms with Gasteiger partial charge in [0.15, 0.2) is 17.5 Å². The summed E-state index contributed by atoms with van der Waals surface area (Å²) in [6.07, 6.45) is 0. The number of hydrogen-bond donors (Lipinski definition) is 0. The Balaban J connectivity index is 1.24. The predicted octanol–water partition coefficient (Wildman–Crippen LogP) is 12.4. The normalized spacial score (nSPS) is 14.3. The standard InChI is InChI=1S/C47H29N3O/c1-4-14-30(15-5-1)35-27-40(31-16-6-2-7-17-31)44-41(28-35)39-25-24-34(29-43(39)51-44)46-48-45(32-18-8-3-9-19-32)49-47(50-46)42-26-33-20-10-11-21-36(33)37-22-12-13-23-38(37)42/h1-29H/i1D,2D,4D,5D,6D,7D,14D,15D,16D,17D. The van der Waals surface area contributed by atoms with Gasteiger partial charge in [0.1, 0.15) is 11.2 Å². The fourth-order valence-electron chi connectivity index (χ4n) is 6.71. The number of rotatable bonds is 5. The van der Waals surface area contributed by atoms with Crippen LogP contribution in [0.25, 0.3) is 99.9 Å². The lowest BCUT2D eigenvalue weighted by molar-refractivity contribution is 0.670. The summed E-state index contributed by atoms with van der Waals surface area (Å²) in [6.45, 7) is 0. The molecule has 51 heavy (non-hydrogen) atoms. The Bertz CT molecular complexity index is 3440. The molecular weight excluding hydrogens is 623 g/mol. The molecule has 10 rings (SSSR count). The summed E-state index contributed by atoms with van der Waals surface area (Å²) in [5.74, 6) is 1.27. The van der Waals surface area contributed by atoms with Gasteiger partial charge in [-0.15, -0.1) is 0 Å². The molecule has 0 fully saturated rings. The molecule has 0 spiro atoms. The van der Waals surface area contributed by atoms with Gasteiger partial charge in [0, 0.05) is 33.0 Å². The highest BCUT2D eigenvalue weighted by Gasteiger charge is 2.19. The summed E-state index contributed by atoms with van der Waals surface area (Å²) in [4.78, 5) is 15.0. The molecule has 0 radical (unpaired) electrons. The number of fused-ring (bicyclic) bond motifs is 6. The molecule has 0 aliphatic carbocycles. The van der Waals surface area contributed by atoms with E-state index in [9.17, 15) is 0 Å². The van der Waals surface area contributed by atoms with E-state index >= 15 is 0 Å². The van der Waals surface area contributed by atoms with Gasteiger partial charge in [-0.1, -0.05) is 145 Å². The minimum Gasteiger partial charge on any atom is -0.455 e. The molecule has 0 saturated heterocycles. The van der Waals surface area contributed by atoms with Gasteiger partial charge in [-0.2, -0.15) is 0 Å². The van der Waals surface area contributed by atoms with E-state index in [1.807, 2.05) is 60.7 Å². The molecule has 4 heteroatoms. The van der Waals surface area contributed by atoms with Crippen LogP contribution in [0.3, 0.4) is 0 Å². The van der Waals surface area contributed by atoms with Gasteiger partial charge in [0.05, 0.1) is 13.7 Å². The molecule has 0 aliphatic rings. The van der Waals surface area contributed by atoms with Crippen LogP contribution in [0.5, 0.6) is 0 Å². The van der Waals surface area contributed by atoms with Gasteiger partial charge in [-0.05, 0) is 68.6 Å². The van der Waals surface area contributed by atoms with E-state index in [4.69, 9.17) is 33.1 Å². The van der Waals surface area contributed by atoms with Crippen molar-refractivity contribution >= 4 is 43.5 Å². The lowest BCUT2D eigenvalue weighted by atomic mass is 9.95. The molecule has 0 bridgehead atoms. The van der Waals surface area contributed by atoms with E-state index in [0.29, 0.717) is 39.4 Å². The van der Waals surface area contributed by atoms with Gasteiger partial charge in [-0.25, -0.2) is 15.0 Å². The second kappa shape index (κ2) is 11.9. The lowest BCUT2D eigenvalue weighted by Gasteiger charge is -2.12. The van der Waals surface area contributed by atoms with Crippen molar-refractivity contribution < 1.29 is 18.1 Å². The number of aromatic nitrogens is 3. The first-order valence-electron chi connectivity index (χ1n) is 21.3. The molecule has 8 aromatic carbocycles. The fourth-order valence-corrected chi connectivity index (χ4v) is 6.71. The SMILES string of the molecule is [2H]c1c([2H])c([2H])c(-c2cc(-c3c([2H])c([2H])c([2H])c([2H])c3[2H])c3oc4cc(-c5nc(-c6ccccc6)nc(-c6cc7ccccc7c7ccccc67)n5)ccc4c3c2)c([2H])c1[2H]. The summed E-state index contributed by atoms with van der Waals surface area (Å²) < 4.78 is 91.8. The summed E-state index contributed by atoms with van der Waals surface area (Å²) in [7, 11) is 0. The molecule has 0 amide bonds. The summed E-state index contributed by atoms with van der Waals surface area (Å²) >= 11 is 0. The monoisotopic (exact) mass is 661 g/mol. The number of benzene rings is 8. The molecular formula is C47H29N3O. The van der Waals surface area contributed by atoms with Gasteiger partial charge < -0.3 is 4.42 Å². The number of nitrogens with zero attached hydrogens (tertiary/aromatic N) is 3. The van der Waals surface area contributed by atoms with Crippen LogP contribution in [0.1, 0.15) is 13.7 Å². The fraction of sp³-hybridized carbons (Fsp3) is 0. The van der Waals surface area contributed by atoms with Crippen molar-refractivity contribution in [2.75, 3.05) is 0 Å². The Labute approximate surface area is 308 Å². The summed E-state index contributed by atoms with van der Waals surface area (Å²) in [5, 5.41) is 5.14. The number of hydrogen-bond acceptors (Lipinski definition) is 4. The second-order valence-electron chi connectivity index (χ2n) is 12.1. The molecule has 10 aromatic rings. The number of furan rings is 1. The van der Waals surface area contributed by atoms with Crippen molar-refractivity contribution in [1.82, 2.24) is 15.0 Å². The molecule has 0 saturated carbocycles. The van der Waals surface area contributed by atoms with Crippen molar-refractivity contribution in [3.8, 4) is 56.4 Å². The highest BCUT2D eigenvalue weighted by molar-refractivity contribution is 6.14. The third-order valence-corrected chi connectivity index (χ3v) is 9.07. The molecule has 4 nitrogen and oxygen atoms in total. The highest BCUT2D eigenvalue weighted by Crippen LogP contribution is 2.41. The maximum absolute atomic E-state index is 8.87. The Kier molecular flexibility index (Phi) is 4.80. The van der Waals surface area contributed by atoms with Gasteiger partial charge >= 0.3 is 0 Å². The zero-order valence-corrected chi connectivity index (χ0v) is 26.7. The smallest absolute Gasteiger partial charge is 0.164 e. The van der Waals surface area contributed by atoms with Crippen LogP contribution in [0.4, 0.5) is 0 Å². The Morgan fingerprint density at radius 2 is 1.04 bits per heavy atom. The largest absolute Gasteiger partial charge is 0.455 e. The van der Waals surface area contributed by atoms with Crippen molar-refractivity contribution in [3.63, 3.8) is 0 Å². The molecule has 0 N–H and O–H groups in total. The van der Waals surface area contributed by atoms with E-state index < -0.39 is 60.4 Å². The van der Waals surface area contributed by atoms with Crippen molar-refractivity contribution in [2.24, 2.45) is 0 Å². The average molecular weight is 662 g/mol. The summed E-state index contributed by atoms with van der Waals surface area (Å²) in [5.41, 5.74) is 2.69. The highest BCUT2D eigenvalue weighted by atomic mass is 16.3. The Morgan fingerprint density at radius 1 is 0.392 bits per heavy atom. The van der Waals surface area contributed by atoms with E-state index in [-0.39, 0.29) is 27.8 Å². The zero-order chi connectivity index (χ0) is 42.4. The topological polar surface area (TPSA) is 51.8 Å². The average Bonchev–Trinajstić information content (AvgIpc) is 3.67. The van der Waals surface area contributed by atoms with Crippen LogP contribution in [-0.2, 0) is 0 Å². The Hall–Kier alpha value is -6.91. The summed E-state index contributed by atoms with van der Waals surface area (Å²) in [6, 6.07) is 31.2. The molecule has 238 valence electrons. The van der Waals surface area contributed by atoms with Gasteiger partial charge in [0.25, 0.3) is 0 Å². The van der Waals surface area contributed by atoms with E-state index in [2.05, 4.69) is 30.3 Å². The minimum absolute atomic E-state index is 0.0889. The molecule has 2 heterocycles. The van der Waals surface area contributed by atoms with Crippen LogP contribution < -0.4 is 0 Å². The zero-order valence-electron chi connectivity index (χ0n) is 36.7. The van der Waals surface area contributed by atoms with Crippen LogP contribution in [0.15, 0.2) is 180 Å². The Morgan fingerprint density at radius 3 is 1.82 bits per heavy atom. The van der Waals surface area contributed by atoms with Crippen LogP contribution >= 0.6 is 0 Å². The van der Waals surface area contributed by atoms with Crippen LogP contribution in [0, 0.1) is 0 Å². The van der Waals surface area contributed by atoms with Crippen molar-refractivity contribution in [2.45, 2.75) is 0 Å². The molecule has 0 aliphatic heterocycles. The van der Waals surface area contributed by atoms with E-state index in [0.717, 1.165) is 32.7 Å². The van der Waals surface area contributed by atoms with E-state index in [1.54, 1.807) is 18.2 Å². The van der Waals surface area contributed by atoms with Crippen LogP contribution in [0.2, 0.25) is 0 Å². The molecule has 0 unspecified atom stereocenters. The quantitative estimate of drug-likeness (QED) is 0.172. The predicted molar refractivity (Wildman–Crippen MR) is 209 cm³/mol. The minimum atomic E-state index is -0.575. The maximum atomic E-state index is 8.87. The first-order valence-corrected chi connectivity index (χ1v) is 16.3. The van der Waals surface area contributed by atoms with Crippen molar-refractivity contribution in [1.29, 1.82) is 0 Å². The second-order valence-corrected chi connectivity index (χ2v) is 12.1. The van der Waals surface area contributed by atoms with Gasteiger partial charge in [0.2, 0.25) is 0 Å².